The van der Waals surface area contributed by atoms with Crippen molar-refractivity contribution in [1.82, 2.24) is 14.8 Å². The van der Waals surface area contributed by atoms with Gasteiger partial charge in [0.1, 0.15) is 4.88 Å². The van der Waals surface area contributed by atoms with E-state index in [0.29, 0.717) is 24.6 Å². The van der Waals surface area contributed by atoms with Crippen LogP contribution in [0.5, 0.6) is 0 Å². The Morgan fingerprint density at radius 2 is 2.03 bits per heavy atom. The molecule has 2 aromatic rings. The number of aromatic nitrogens is 1. The van der Waals surface area contributed by atoms with E-state index in [-0.39, 0.29) is 18.0 Å². The van der Waals surface area contributed by atoms with Crippen LogP contribution >= 0.6 is 11.3 Å². The van der Waals surface area contributed by atoms with Crippen molar-refractivity contribution in [2.24, 2.45) is 0 Å². The molecular formula is C24H33N5O3S. The van der Waals surface area contributed by atoms with Crippen molar-refractivity contribution in [2.75, 3.05) is 56.7 Å². The number of aryl methyl sites for hydroxylation is 1. The standard InChI is InChI=1S/C24H33N5O3S/c1-4-27(15-16-32-3)22(30)21-17(2)25-24(33-21)28-12-10-19(11-13-28)29-14-9-18-7-5-6-8-20(18)26-23(29)31/h5-8,19H,4,9-16H2,1-3H3,(H,26,31). The molecule has 1 N–H and O–H groups in total. The number of hydrogen-bond acceptors (Lipinski definition) is 6. The lowest BCUT2D eigenvalue weighted by atomic mass is 10.0. The number of carbonyl (C=O) groups is 2. The monoisotopic (exact) mass is 471 g/mol. The van der Waals surface area contributed by atoms with Gasteiger partial charge in [-0.05, 0) is 44.7 Å². The number of hydrogen-bond donors (Lipinski definition) is 1. The summed E-state index contributed by atoms with van der Waals surface area (Å²) in [5.74, 6) is 0.0199. The Hall–Kier alpha value is -2.65. The molecule has 1 aromatic heterocycles. The highest BCUT2D eigenvalue weighted by molar-refractivity contribution is 7.17. The van der Waals surface area contributed by atoms with E-state index in [1.165, 1.54) is 16.9 Å². The first-order valence-electron chi connectivity index (χ1n) is 11.7. The topological polar surface area (TPSA) is 78.0 Å². The number of urea groups is 1. The lowest BCUT2D eigenvalue weighted by Gasteiger charge is -2.37. The van der Waals surface area contributed by atoms with Gasteiger partial charge in [-0.25, -0.2) is 9.78 Å². The lowest BCUT2D eigenvalue weighted by Crippen LogP contribution is -2.48. The highest BCUT2D eigenvalue weighted by atomic mass is 32.1. The van der Waals surface area contributed by atoms with E-state index in [9.17, 15) is 9.59 Å². The molecule has 0 spiro atoms. The zero-order valence-corrected chi connectivity index (χ0v) is 20.5. The smallest absolute Gasteiger partial charge is 0.322 e. The molecule has 0 atom stereocenters. The molecule has 8 nitrogen and oxygen atoms in total. The molecule has 3 amide bonds. The van der Waals surface area contributed by atoms with Crippen molar-refractivity contribution in [3.05, 3.63) is 40.4 Å². The maximum atomic E-state index is 13.0. The Labute approximate surface area is 199 Å². The van der Waals surface area contributed by atoms with Gasteiger partial charge in [-0.3, -0.25) is 4.79 Å². The first kappa shape index (κ1) is 23.5. The summed E-state index contributed by atoms with van der Waals surface area (Å²) in [6.07, 6.45) is 2.64. The average molecular weight is 472 g/mol. The number of nitrogens with one attached hydrogen (secondary N) is 1. The predicted octanol–water partition coefficient (Wildman–Crippen LogP) is 3.62. The van der Waals surface area contributed by atoms with Crippen LogP contribution in [0.2, 0.25) is 0 Å². The first-order chi connectivity index (χ1) is 16.0. The molecule has 3 heterocycles. The second-order valence-corrected chi connectivity index (χ2v) is 9.52. The zero-order chi connectivity index (χ0) is 23.4. The highest BCUT2D eigenvalue weighted by Crippen LogP contribution is 2.31. The van der Waals surface area contributed by atoms with Crippen LogP contribution < -0.4 is 10.2 Å². The third-order valence-corrected chi connectivity index (χ3v) is 7.74. The van der Waals surface area contributed by atoms with E-state index < -0.39 is 0 Å². The number of anilines is 2. The molecule has 0 aliphatic carbocycles. The van der Waals surface area contributed by atoms with Crippen LogP contribution in [0.3, 0.4) is 0 Å². The van der Waals surface area contributed by atoms with Crippen LogP contribution in [0.15, 0.2) is 24.3 Å². The molecule has 0 radical (unpaired) electrons. The minimum Gasteiger partial charge on any atom is -0.383 e. The van der Waals surface area contributed by atoms with Crippen LogP contribution in [0, 0.1) is 6.92 Å². The fraction of sp³-hybridized carbons (Fsp3) is 0.542. The highest BCUT2D eigenvalue weighted by Gasteiger charge is 2.31. The summed E-state index contributed by atoms with van der Waals surface area (Å²) < 4.78 is 5.14. The van der Waals surface area contributed by atoms with Gasteiger partial charge in [-0.15, -0.1) is 0 Å². The molecule has 33 heavy (non-hydrogen) atoms. The van der Waals surface area contributed by atoms with E-state index in [2.05, 4.69) is 16.3 Å². The first-order valence-corrected chi connectivity index (χ1v) is 12.5. The van der Waals surface area contributed by atoms with Gasteiger partial charge in [-0.2, -0.15) is 0 Å². The maximum Gasteiger partial charge on any atom is 0.322 e. The molecule has 0 saturated carbocycles. The molecule has 0 unspecified atom stereocenters. The average Bonchev–Trinajstić information content (AvgIpc) is 3.13. The normalized spacial score (nSPS) is 16.9. The number of thiazole rings is 1. The summed E-state index contributed by atoms with van der Waals surface area (Å²) >= 11 is 1.47. The van der Waals surface area contributed by atoms with Crippen molar-refractivity contribution in [2.45, 2.75) is 39.2 Å². The quantitative estimate of drug-likeness (QED) is 0.667. The van der Waals surface area contributed by atoms with Crippen LogP contribution in [-0.4, -0.2) is 79.2 Å². The number of piperidine rings is 1. The Bertz CT molecular complexity index is 986. The third kappa shape index (κ3) is 5.14. The summed E-state index contributed by atoms with van der Waals surface area (Å²) in [5.41, 5.74) is 2.89. The van der Waals surface area contributed by atoms with Gasteiger partial charge < -0.3 is 24.8 Å². The summed E-state index contributed by atoms with van der Waals surface area (Å²) in [5, 5.41) is 3.97. The van der Waals surface area contributed by atoms with Gasteiger partial charge >= 0.3 is 6.03 Å². The fourth-order valence-electron chi connectivity index (χ4n) is 4.57. The minimum atomic E-state index is -0.00732. The summed E-state index contributed by atoms with van der Waals surface area (Å²) in [6.45, 7) is 8.00. The molecule has 178 valence electrons. The van der Waals surface area contributed by atoms with Gasteiger partial charge in [-0.1, -0.05) is 29.5 Å². The molecular weight excluding hydrogens is 438 g/mol. The maximum absolute atomic E-state index is 13.0. The molecule has 0 bridgehead atoms. The molecule has 1 saturated heterocycles. The minimum absolute atomic E-state index is 0.00732. The number of carbonyl (C=O) groups excluding carboxylic acids is 2. The molecule has 4 rings (SSSR count). The number of benzene rings is 1. The number of fused-ring (bicyclic) bond motifs is 1. The van der Waals surface area contributed by atoms with Crippen LogP contribution in [0.4, 0.5) is 15.6 Å². The van der Waals surface area contributed by atoms with Crippen molar-refractivity contribution in [3.63, 3.8) is 0 Å². The van der Waals surface area contributed by atoms with Crippen LogP contribution in [0.25, 0.3) is 0 Å². The predicted molar refractivity (Wildman–Crippen MR) is 131 cm³/mol. The lowest BCUT2D eigenvalue weighted by molar-refractivity contribution is 0.0710. The third-order valence-electron chi connectivity index (χ3n) is 6.53. The molecule has 1 fully saturated rings. The molecule has 2 aliphatic rings. The Morgan fingerprint density at radius 1 is 1.27 bits per heavy atom. The van der Waals surface area contributed by atoms with Crippen molar-refractivity contribution >= 4 is 34.1 Å². The number of rotatable bonds is 7. The molecule has 1 aromatic carbocycles. The van der Waals surface area contributed by atoms with Crippen LogP contribution in [0.1, 0.15) is 40.7 Å². The van der Waals surface area contributed by atoms with E-state index in [1.54, 1.807) is 12.0 Å². The summed E-state index contributed by atoms with van der Waals surface area (Å²) in [7, 11) is 1.64. The van der Waals surface area contributed by atoms with E-state index in [4.69, 9.17) is 9.72 Å². The van der Waals surface area contributed by atoms with E-state index in [0.717, 1.165) is 55.4 Å². The number of methoxy groups -OCH3 is 1. The van der Waals surface area contributed by atoms with Gasteiger partial charge in [0, 0.05) is 51.6 Å². The van der Waals surface area contributed by atoms with Gasteiger partial charge in [0.05, 0.1) is 12.3 Å². The summed E-state index contributed by atoms with van der Waals surface area (Å²) in [4.78, 5) is 37.3. The SMILES string of the molecule is CCN(CCOC)C(=O)c1sc(N2CCC(N3CCc4ccccc4NC3=O)CC2)nc1C. The Kier molecular flexibility index (Phi) is 7.49. The summed E-state index contributed by atoms with van der Waals surface area (Å²) in [6, 6.07) is 8.23. The largest absolute Gasteiger partial charge is 0.383 e. The number of likely N-dealkylation sites (N-methyl/N-ethyl adjacent to an activating group) is 1. The van der Waals surface area contributed by atoms with Gasteiger partial charge in [0.15, 0.2) is 5.13 Å². The Balaban J connectivity index is 1.38. The van der Waals surface area contributed by atoms with Crippen molar-refractivity contribution < 1.29 is 14.3 Å². The van der Waals surface area contributed by atoms with E-state index >= 15 is 0 Å². The zero-order valence-electron chi connectivity index (χ0n) is 19.7. The molecule has 2 aliphatic heterocycles. The van der Waals surface area contributed by atoms with Gasteiger partial charge in [0.25, 0.3) is 5.91 Å². The van der Waals surface area contributed by atoms with Crippen molar-refractivity contribution in [1.29, 1.82) is 0 Å². The Morgan fingerprint density at radius 3 is 2.76 bits per heavy atom. The number of ether oxygens (including phenoxy) is 1. The second-order valence-electron chi connectivity index (χ2n) is 8.54. The van der Waals surface area contributed by atoms with Crippen molar-refractivity contribution in [3.8, 4) is 0 Å². The second kappa shape index (κ2) is 10.5. The van der Waals surface area contributed by atoms with Gasteiger partial charge in [0.2, 0.25) is 0 Å². The number of amides is 3. The fourth-order valence-corrected chi connectivity index (χ4v) is 5.66. The van der Waals surface area contributed by atoms with Crippen LogP contribution in [-0.2, 0) is 11.2 Å². The number of para-hydroxylation sites is 1. The number of nitrogens with zero attached hydrogens (tertiary/aromatic N) is 4. The molecule has 9 heteroatoms. The van der Waals surface area contributed by atoms with E-state index in [1.807, 2.05) is 36.9 Å².